The maximum absolute atomic E-state index is 13.1. The number of aromatic nitrogens is 6. The summed E-state index contributed by atoms with van der Waals surface area (Å²) in [4.78, 5) is 37.0. The smallest absolute Gasteiger partial charge is 0.261 e. The van der Waals surface area contributed by atoms with Crippen molar-refractivity contribution >= 4 is 49.7 Å². The van der Waals surface area contributed by atoms with E-state index in [4.69, 9.17) is 5.11 Å². The second-order valence-electron chi connectivity index (χ2n) is 9.22. The van der Waals surface area contributed by atoms with Gasteiger partial charge in [-0.1, -0.05) is 6.42 Å². The Bertz CT molecular complexity index is 1650. The standard InChI is InChI=1S/C24H26N8O3S/c1-14-4-2-3-5-30(14)13-19(34)27-16-8-17-21(25-10-16)22-20(23(35)28-17)24-32(29-22)12-18(36-24)15-9-26-31(11-15)6-7-33/h8-12,14,33H,2-7,13H2,1H3,(H,27,34)(H,28,35)/t14-/m1/s1. The van der Waals surface area contributed by atoms with Crippen molar-refractivity contribution in [1.29, 1.82) is 0 Å². The number of hydrogen-bond acceptors (Lipinski definition) is 8. The molecule has 0 saturated carbocycles. The molecule has 5 aromatic rings. The molecule has 1 saturated heterocycles. The number of thiazole rings is 1. The van der Waals surface area contributed by atoms with Crippen molar-refractivity contribution in [2.75, 3.05) is 25.0 Å². The first-order valence-corrected chi connectivity index (χ1v) is 12.8. The van der Waals surface area contributed by atoms with E-state index in [1.165, 1.54) is 17.8 Å². The van der Waals surface area contributed by atoms with E-state index in [9.17, 15) is 9.59 Å². The zero-order valence-corrected chi connectivity index (χ0v) is 20.6. The first-order chi connectivity index (χ1) is 17.5. The topological polar surface area (TPSA) is 133 Å². The molecule has 1 aliphatic rings. The summed E-state index contributed by atoms with van der Waals surface area (Å²) in [6, 6.07) is 2.13. The first kappa shape index (κ1) is 22.8. The molecule has 1 fully saturated rings. The number of hydrogen-bond donors (Lipinski definition) is 3. The van der Waals surface area contributed by atoms with Crippen LogP contribution in [0.1, 0.15) is 26.2 Å². The summed E-state index contributed by atoms with van der Waals surface area (Å²) in [5, 5.41) is 21.4. The van der Waals surface area contributed by atoms with Gasteiger partial charge in [-0.15, -0.1) is 11.3 Å². The Hall–Kier alpha value is -3.61. The molecule has 0 bridgehead atoms. The lowest BCUT2D eigenvalue weighted by atomic mass is 10.0. The molecule has 6 rings (SSSR count). The number of rotatable bonds is 6. The van der Waals surface area contributed by atoms with E-state index in [1.54, 1.807) is 27.7 Å². The summed E-state index contributed by atoms with van der Waals surface area (Å²) in [6.45, 7) is 3.86. The summed E-state index contributed by atoms with van der Waals surface area (Å²) < 4.78 is 3.36. The Morgan fingerprint density at radius 1 is 1.28 bits per heavy atom. The fourth-order valence-electron chi connectivity index (χ4n) is 4.84. The van der Waals surface area contributed by atoms with Crippen LogP contribution >= 0.6 is 11.3 Å². The van der Waals surface area contributed by atoms with Crippen molar-refractivity contribution in [2.45, 2.75) is 38.8 Å². The van der Waals surface area contributed by atoms with Crippen molar-refractivity contribution in [2.24, 2.45) is 0 Å². The molecule has 0 aromatic carbocycles. The van der Waals surface area contributed by atoms with Crippen molar-refractivity contribution in [3.8, 4) is 10.4 Å². The summed E-state index contributed by atoms with van der Waals surface area (Å²) in [5.41, 5.74) is 2.78. The Kier molecular flexibility index (Phi) is 5.78. The van der Waals surface area contributed by atoms with Crippen molar-refractivity contribution < 1.29 is 9.90 Å². The van der Waals surface area contributed by atoms with Crippen molar-refractivity contribution in [3.05, 3.63) is 41.2 Å². The van der Waals surface area contributed by atoms with Gasteiger partial charge in [0.15, 0.2) is 0 Å². The first-order valence-electron chi connectivity index (χ1n) is 12.0. The number of carbonyl (C=O) groups excluding carboxylic acids is 1. The zero-order chi connectivity index (χ0) is 24.8. The quantitative estimate of drug-likeness (QED) is 0.322. The van der Waals surface area contributed by atoms with Gasteiger partial charge in [0.05, 0.1) is 48.2 Å². The maximum atomic E-state index is 13.1. The van der Waals surface area contributed by atoms with Crippen LogP contribution in [0.15, 0.2) is 35.6 Å². The lowest BCUT2D eigenvalue weighted by Crippen LogP contribution is -2.42. The predicted molar refractivity (Wildman–Crippen MR) is 138 cm³/mol. The Balaban J connectivity index is 1.30. The van der Waals surface area contributed by atoms with Crippen LogP contribution in [0, 0.1) is 0 Å². The molecule has 36 heavy (non-hydrogen) atoms. The van der Waals surface area contributed by atoms with E-state index >= 15 is 0 Å². The van der Waals surface area contributed by atoms with Crippen LogP contribution in [-0.4, -0.2) is 71.0 Å². The third-order valence-electron chi connectivity index (χ3n) is 6.72. The van der Waals surface area contributed by atoms with Gasteiger partial charge in [0.25, 0.3) is 5.56 Å². The molecule has 12 heteroatoms. The normalized spacial score (nSPS) is 16.9. The number of amides is 1. The Morgan fingerprint density at radius 2 is 2.17 bits per heavy atom. The van der Waals surface area contributed by atoms with Gasteiger partial charge in [0, 0.05) is 24.0 Å². The maximum Gasteiger partial charge on any atom is 0.261 e. The minimum absolute atomic E-state index is 0.0119. The number of fused-ring (bicyclic) bond motifs is 5. The van der Waals surface area contributed by atoms with Gasteiger partial charge in [-0.05, 0) is 32.4 Å². The van der Waals surface area contributed by atoms with Gasteiger partial charge >= 0.3 is 0 Å². The van der Waals surface area contributed by atoms with Crippen LogP contribution in [0.2, 0.25) is 0 Å². The number of nitrogens with one attached hydrogen (secondary N) is 2. The van der Waals surface area contributed by atoms with Gasteiger partial charge in [0.1, 0.15) is 21.3 Å². The van der Waals surface area contributed by atoms with Crippen LogP contribution in [-0.2, 0) is 11.3 Å². The van der Waals surface area contributed by atoms with Crippen LogP contribution in [0.4, 0.5) is 5.69 Å². The van der Waals surface area contributed by atoms with Crippen molar-refractivity contribution in [3.63, 3.8) is 0 Å². The van der Waals surface area contributed by atoms with E-state index in [2.05, 4.69) is 37.3 Å². The molecular weight excluding hydrogens is 480 g/mol. The molecule has 186 valence electrons. The van der Waals surface area contributed by atoms with Gasteiger partial charge in [0.2, 0.25) is 5.91 Å². The van der Waals surface area contributed by atoms with Gasteiger partial charge in [-0.3, -0.25) is 24.2 Å². The minimum Gasteiger partial charge on any atom is -0.394 e. The molecule has 0 spiro atoms. The lowest BCUT2D eigenvalue weighted by Gasteiger charge is -2.32. The molecule has 1 atom stereocenters. The molecule has 5 aromatic heterocycles. The molecule has 6 heterocycles. The summed E-state index contributed by atoms with van der Waals surface area (Å²) in [6.07, 6.45) is 10.5. The van der Waals surface area contributed by atoms with Crippen LogP contribution < -0.4 is 10.9 Å². The zero-order valence-electron chi connectivity index (χ0n) is 19.8. The molecule has 11 nitrogen and oxygen atoms in total. The van der Waals surface area contributed by atoms with Crippen molar-refractivity contribution in [1.82, 2.24) is 34.3 Å². The van der Waals surface area contributed by atoms with Gasteiger partial charge < -0.3 is 15.4 Å². The highest BCUT2D eigenvalue weighted by atomic mass is 32.1. The highest BCUT2D eigenvalue weighted by molar-refractivity contribution is 7.21. The number of piperidine rings is 1. The SMILES string of the molecule is C[C@@H]1CCCCN1CC(=O)Nc1cnc2c(c1)[nH]c(=O)c1c2nn2cc(-c3cnn(CCO)c3)sc12. The molecule has 0 unspecified atom stereocenters. The number of aromatic amines is 1. The monoisotopic (exact) mass is 506 g/mol. The van der Waals surface area contributed by atoms with E-state index in [-0.39, 0.29) is 18.1 Å². The minimum atomic E-state index is -0.260. The summed E-state index contributed by atoms with van der Waals surface area (Å²) in [5.74, 6) is -0.0920. The lowest BCUT2D eigenvalue weighted by molar-refractivity contribution is -0.118. The number of carbonyl (C=O) groups is 1. The molecule has 1 amide bonds. The predicted octanol–water partition coefficient (Wildman–Crippen LogP) is 2.45. The second kappa shape index (κ2) is 9.12. The Labute approximate surface area is 209 Å². The number of likely N-dealkylation sites (tertiary alicyclic amines) is 1. The molecule has 0 aliphatic carbocycles. The molecule has 3 N–H and O–H groups in total. The average molecular weight is 507 g/mol. The average Bonchev–Trinajstić information content (AvgIpc) is 3.55. The second-order valence-corrected chi connectivity index (χ2v) is 10.3. The van der Waals surface area contributed by atoms with E-state index in [1.807, 2.05) is 12.4 Å². The number of anilines is 1. The third-order valence-corrected chi connectivity index (χ3v) is 7.86. The number of aliphatic hydroxyl groups is 1. The van der Waals surface area contributed by atoms with Crippen LogP contribution in [0.25, 0.3) is 37.2 Å². The molecule has 1 aliphatic heterocycles. The summed E-state index contributed by atoms with van der Waals surface area (Å²) in [7, 11) is 0. The van der Waals surface area contributed by atoms with Gasteiger partial charge in [-0.2, -0.15) is 10.2 Å². The molecular formula is C24H26N8O3S. The number of H-pyrrole nitrogens is 1. The highest BCUT2D eigenvalue weighted by Gasteiger charge is 2.21. The van der Waals surface area contributed by atoms with Gasteiger partial charge in [-0.25, -0.2) is 4.52 Å². The van der Waals surface area contributed by atoms with Crippen LogP contribution in [0.3, 0.4) is 0 Å². The fraction of sp³-hybridized carbons (Fsp3) is 0.375. The largest absolute Gasteiger partial charge is 0.394 e. The van der Waals surface area contributed by atoms with E-state index < -0.39 is 0 Å². The Morgan fingerprint density at radius 3 is 3.00 bits per heavy atom. The molecule has 0 radical (unpaired) electrons. The highest BCUT2D eigenvalue weighted by Crippen LogP contribution is 2.33. The summed E-state index contributed by atoms with van der Waals surface area (Å²) >= 11 is 1.44. The fourth-order valence-corrected chi connectivity index (χ4v) is 5.91. The third kappa shape index (κ3) is 4.06. The number of nitrogens with zero attached hydrogens (tertiary/aromatic N) is 6. The van der Waals surface area contributed by atoms with Crippen LogP contribution in [0.5, 0.6) is 0 Å². The van der Waals surface area contributed by atoms with E-state index in [0.29, 0.717) is 51.6 Å². The number of pyridine rings is 2. The van der Waals surface area contributed by atoms with E-state index in [0.717, 1.165) is 29.8 Å². The number of aliphatic hydroxyl groups excluding tert-OH is 1.